The molecule has 1 rings (SSSR count). The van der Waals surface area contributed by atoms with Gasteiger partial charge in [0.2, 0.25) is 0 Å². The van der Waals surface area contributed by atoms with Crippen LogP contribution in [0.15, 0.2) is 0 Å². The van der Waals surface area contributed by atoms with Gasteiger partial charge in [-0.1, -0.05) is 0 Å². The Bertz CT molecular complexity index is 118. The Morgan fingerprint density at radius 1 is 1.38 bits per heavy atom. The molecule has 0 radical (unpaired) electrons. The number of nitrogens with one attached hydrogen (secondary N) is 1. The van der Waals surface area contributed by atoms with E-state index < -0.39 is 0 Å². The molecule has 0 spiro atoms. The van der Waals surface area contributed by atoms with Crippen LogP contribution in [0.2, 0.25) is 0 Å². The van der Waals surface area contributed by atoms with Crippen LogP contribution in [-0.4, -0.2) is 36.3 Å². The van der Waals surface area contributed by atoms with Crippen LogP contribution >= 0.6 is 11.8 Å². The van der Waals surface area contributed by atoms with Gasteiger partial charge in [-0.3, -0.25) is 0 Å². The van der Waals surface area contributed by atoms with Crippen molar-refractivity contribution in [2.24, 2.45) is 5.92 Å². The van der Waals surface area contributed by atoms with Crippen LogP contribution in [0.25, 0.3) is 0 Å². The van der Waals surface area contributed by atoms with Crippen molar-refractivity contribution in [2.45, 2.75) is 30.9 Å². The zero-order valence-corrected chi connectivity index (χ0v) is 9.28. The second-order valence-corrected chi connectivity index (χ2v) is 4.96. The second kappa shape index (κ2) is 6.68. The van der Waals surface area contributed by atoms with Gasteiger partial charge in [0.05, 0.1) is 0 Å². The average molecular weight is 203 g/mol. The van der Waals surface area contributed by atoms with E-state index >= 15 is 0 Å². The van der Waals surface area contributed by atoms with E-state index in [-0.39, 0.29) is 0 Å². The molecule has 0 aromatic carbocycles. The molecular formula is C10H21NOS. The molecule has 1 fully saturated rings. The molecule has 13 heavy (non-hydrogen) atoms. The zero-order valence-electron chi connectivity index (χ0n) is 8.46. The lowest BCUT2D eigenvalue weighted by Gasteiger charge is -2.18. The Morgan fingerprint density at radius 2 is 2.23 bits per heavy atom. The van der Waals surface area contributed by atoms with Crippen LogP contribution < -0.4 is 5.32 Å². The Labute approximate surface area is 85.5 Å². The molecular weight excluding hydrogens is 182 g/mol. The smallest absolute Gasteiger partial charge is 0.0459 e. The van der Waals surface area contributed by atoms with Crippen molar-refractivity contribution in [3.63, 3.8) is 0 Å². The van der Waals surface area contributed by atoms with Crippen molar-refractivity contribution >= 4 is 11.8 Å². The average Bonchev–Trinajstić information content (AvgIpc) is 2.28. The van der Waals surface area contributed by atoms with E-state index in [1.165, 1.54) is 25.7 Å². The van der Waals surface area contributed by atoms with Gasteiger partial charge in [0.25, 0.3) is 0 Å². The summed E-state index contributed by atoms with van der Waals surface area (Å²) in [4.78, 5) is 0. The molecule has 78 valence electrons. The summed E-state index contributed by atoms with van der Waals surface area (Å²) in [6.07, 6.45) is 7.01. The molecule has 0 amide bonds. The quantitative estimate of drug-likeness (QED) is 0.713. The number of thioether (sulfide) groups is 1. The Balaban J connectivity index is 2.37. The molecule has 1 aliphatic heterocycles. The van der Waals surface area contributed by atoms with E-state index in [4.69, 9.17) is 0 Å². The number of hydrogen-bond acceptors (Lipinski definition) is 3. The highest BCUT2D eigenvalue weighted by atomic mass is 32.2. The third-order valence-corrected chi connectivity index (χ3v) is 3.89. The Morgan fingerprint density at radius 3 is 2.92 bits per heavy atom. The molecule has 0 aromatic rings. The summed E-state index contributed by atoms with van der Waals surface area (Å²) < 4.78 is 0. The van der Waals surface area contributed by atoms with Crippen molar-refractivity contribution in [1.82, 2.24) is 5.32 Å². The Hall–Kier alpha value is 0.270. The summed E-state index contributed by atoms with van der Waals surface area (Å²) in [5, 5.41) is 13.4. The van der Waals surface area contributed by atoms with Gasteiger partial charge in [0, 0.05) is 11.9 Å². The third kappa shape index (κ3) is 4.34. The summed E-state index contributed by atoms with van der Waals surface area (Å²) in [6.45, 7) is 2.64. The first-order chi connectivity index (χ1) is 6.36. The van der Waals surface area contributed by atoms with Crippen LogP contribution in [0.4, 0.5) is 0 Å². The second-order valence-electron chi connectivity index (χ2n) is 3.82. The fourth-order valence-corrected chi connectivity index (χ4v) is 2.71. The van der Waals surface area contributed by atoms with E-state index in [9.17, 15) is 5.11 Å². The van der Waals surface area contributed by atoms with Gasteiger partial charge in [-0.15, -0.1) is 0 Å². The van der Waals surface area contributed by atoms with E-state index in [0.29, 0.717) is 12.5 Å². The fraction of sp³-hybridized carbons (Fsp3) is 1.00. The molecule has 0 bridgehead atoms. The lowest BCUT2D eigenvalue weighted by atomic mass is 9.98. The van der Waals surface area contributed by atoms with Gasteiger partial charge in [-0.05, 0) is 50.9 Å². The molecule has 1 aliphatic rings. The van der Waals surface area contributed by atoms with Crippen LogP contribution in [0.3, 0.4) is 0 Å². The monoisotopic (exact) mass is 203 g/mol. The summed E-state index contributed by atoms with van der Waals surface area (Å²) in [5.41, 5.74) is 0. The molecule has 1 saturated heterocycles. The largest absolute Gasteiger partial charge is 0.396 e. The maximum atomic E-state index is 9.18. The van der Waals surface area contributed by atoms with Gasteiger partial charge in [0.15, 0.2) is 0 Å². The molecule has 0 aliphatic carbocycles. The van der Waals surface area contributed by atoms with Crippen LogP contribution in [0, 0.1) is 5.92 Å². The topological polar surface area (TPSA) is 32.3 Å². The summed E-state index contributed by atoms with van der Waals surface area (Å²) >= 11 is 1.95. The first kappa shape index (κ1) is 11.3. The van der Waals surface area contributed by atoms with Crippen molar-refractivity contribution in [1.29, 1.82) is 0 Å². The molecule has 2 atom stereocenters. The van der Waals surface area contributed by atoms with E-state index in [1.54, 1.807) is 0 Å². The Kier molecular flexibility index (Phi) is 5.83. The number of hydrogen-bond donors (Lipinski definition) is 2. The minimum absolute atomic E-state index is 0.372. The van der Waals surface area contributed by atoms with Crippen LogP contribution in [0.5, 0.6) is 0 Å². The standard InChI is InChI=1S/C10H21NOS/c1-13-10-4-6-11-5-2-3-9(7-10)8-12/h9-12H,2-8H2,1H3/t9-,10+/m1/s1. The van der Waals surface area contributed by atoms with Crippen molar-refractivity contribution in [3.05, 3.63) is 0 Å². The third-order valence-electron chi connectivity index (χ3n) is 2.80. The first-order valence-corrected chi connectivity index (χ1v) is 6.50. The molecule has 2 nitrogen and oxygen atoms in total. The number of aliphatic hydroxyl groups is 1. The van der Waals surface area contributed by atoms with Crippen LogP contribution in [0.1, 0.15) is 25.7 Å². The fourth-order valence-electron chi connectivity index (χ4n) is 1.89. The van der Waals surface area contributed by atoms with E-state index in [1.807, 2.05) is 11.8 Å². The predicted molar refractivity (Wildman–Crippen MR) is 59.2 cm³/mol. The minimum Gasteiger partial charge on any atom is -0.396 e. The highest BCUT2D eigenvalue weighted by Crippen LogP contribution is 2.23. The first-order valence-electron chi connectivity index (χ1n) is 5.21. The summed E-state index contributed by atoms with van der Waals surface area (Å²) in [6, 6.07) is 0. The molecule has 0 unspecified atom stereocenters. The zero-order chi connectivity index (χ0) is 9.52. The summed E-state index contributed by atoms with van der Waals surface area (Å²) in [5.74, 6) is 0.539. The van der Waals surface area contributed by atoms with Gasteiger partial charge < -0.3 is 10.4 Å². The van der Waals surface area contributed by atoms with Crippen molar-refractivity contribution < 1.29 is 5.11 Å². The lowest BCUT2D eigenvalue weighted by Crippen LogP contribution is -2.19. The summed E-state index contributed by atoms with van der Waals surface area (Å²) in [7, 11) is 0. The van der Waals surface area contributed by atoms with E-state index in [2.05, 4.69) is 11.6 Å². The molecule has 2 N–H and O–H groups in total. The number of rotatable bonds is 2. The van der Waals surface area contributed by atoms with Gasteiger partial charge >= 0.3 is 0 Å². The van der Waals surface area contributed by atoms with Gasteiger partial charge in [-0.2, -0.15) is 11.8 Å². The molecule has 3 heteroatoms. The number of aliphatic hydroxyl groups excluding tert-OH is 1. The van der Waals surface area contributed by atoms with Crippen molar-refractivity contribution in [3.8, 4) is 0 Å². The van der Waals surface area contributed by atoms with Crippen molar-refractivity contribution in [2.75, 3.05) is 26.0 Å². The lowest BCUT2D eigenvalue weighted by molar-refractivity contribution is 0.209. The van der Waals surface area contributed by atoms with Gasteiger partial charge in [0.1, 0.15) is 0 Å². The minimum atomic E-state index is 0.372. The highest BCUT2D eigenvalue weighted by Gasteiger charge is 2.16. The highest BCUT2D eigenvalue weighted by molar-refractivity contribution is 7.99. The van der Waals surface area contributed by atoms with Gasteiger partial charge in [-0.25, -0.2) is 0 Å². The maximum absolute atomic E-state index is 9.18. The van der Waals surface area contributed by atoms with E-state index in [0.717, 1.165) is 18.3 Å². The predicted octanol–water partition coefficient (Wildman–Crippen LogP) is 1.49. The normalized spacial score (nSPS) is 31.8. The maximum Gasteiger partial charge on any atom is 0.0459 e. The molecule has 1 heterocycles. The molecule has 0 saturated carbocycles. The van der Waals surface area contributed by atoms with Crippen LogP contribution in [-0.2, 0) is 0 Å². The SMILES string of the molecule is CS[C@H]1CCNCCC[C@@H](CO)C1. The molecule has 0 aromatic heterocycles.